The highest BCUT2D eigenvalue weighted by atomic mass is 16.5. The zero-order valence-corrected chi connectivity index (χ0v) is 18.4. The van der Waals surface area contributed by atoms with E-state index >= 15 is 0 Å². The number of carboxylic acid groups (broad SMARTS) is 1. The van der Waals surface area contributed by atoms with Crippen molar-refractivity contribution in [1.29, 1.82) is 0 Å². The van der Waals surface area contributed by atoms with Crippen molar-refractivity contribution >= 4 is 28.8 Å². The topological polar surface area (TPSA) is 110 Å². The Bertz CT molecular complexity index is 1300. The van der Waals surface area contributed by atoms with Gasteiger partial charge in [-0.05, 0) is 36.2 Å². The highest BCUT2D eigenvalue weighted by molar-refractivity contribution is 5.85. The first-order valence-corrected chi connectivity index (χ1v) is 11.1. The molecule has 9 nitrogen and oxygen atoms in total. The van der Waals surface area contributed by atoms with Crippen molar-refractivity contribution in [3.8, 4) is 11.5 Å². The molecule has 1 fully saturated rings. The largest absolute Gasteiger partial charge is 0.477 e. The summed E-state index contributed by atoms with van der Waals surface area (Å²) in [6.45, 7) is 4.46. The molecular weight excluding hydrogens is 436 g/mol. The number of hydrogen-bond acceptors (Lipinski definition) is 8. The molecule has 4 aromatic rings. The summed E-state index contributed by atoms with van der Waals surface area (Å²) in [5, 5.41) is 12.4. The minimum atomic E-state index is -1.11. The third-order valence-electron chi connectivity index (χ3n) is 5.61. The smallest absolute Gasteiger partial charge is 0.354 e. The fourth-order valence-electron chi connectivity index (χ4n) is 3.83. The maximum atomic E-state index is 11.1. The molecule has 3 heterocycles. The van der Waals surface area contributed by atoms with Crippen molar-refractivity contribution in [3.05, 3.63) is 72.1 Å². The Kier molecular flexibility index (Phi) is 6.37. The first-order valence-electron chi connectivity index (χ1n) is 11.1. The lowest BCUT2D eigenvalue weighted by Gasteiger charge is -2.26. The molecule has 0 bridgehead atoms. The van der Waals surface area contributed by atoms with Crippen LogP contribution in [-0.4, -0.2) is 58.8 Å². The van der Waals surface area contributed by atoms with Crippen molar-refractivity contribution < 1.29 is 23.8 Å². The average molecular weight is 460 g/mol. The number of carbonyl (C=O) groups is 1. The summed E-state index contributed by atoms with van der Waals surface area (Å²) < 4.78 is 17.1. The van der Waals surface area contributed by atoms with Gasteiger partial charge in [-0.3, -0.25) is 4.90 Å². The lowest BCUT2D eigenvalue weighted by molar-refractivity contribution is 0.0384. The first-order chi connectivity index (χ1) is 16.6. The van der Waals surface area contributed by atoms with Crippen molar-refractivity contribution in [3.63, 3.8) is 0 Å². The van der Waals surface area contributed by atoms with Gasteiger partial charge in [0.05, 0.1) is 13.2 Å². The number of aromatic nitrogens is 2. The van der Waals surface area contributed by atoms with Crippen LogP contribution >= 0.6 is 0 Å². The summed E-state index contributed by atoms with van der Waals surface area (Å²) in [6.07, 6.45) is 2.30. The number of para-hydroxylation sites is 1. The van der Waals surface area contributed by atoms with Crippen LogP contribution in [-0.2, 0) is 11.2 Å². The number of anilines is 2. The van der Waals surface area contributed by atoms with Gasteiger partial charge in [0.15, 0.2) is 11.3 Å². The van der Waals surface area contributed by atoms with Crippen molar-refractivity contribution in [2.45, 2.75) is 6.42 Å². The van der Waals surface area contributed by atoms with E-state index in [2.05, 4.69) is 26.3 Å². The number of oxazole rings is 1. The average Bonchev–Trinajstić information content (AvgIpc) is 3.26. The maximum absolute atomic E-state index is 11.1. The summed E-state index contributed by atoms with van der Waals surface area (Å²) in [5.41, 5.74) is 3.29. The van der Waals surface area contributed by atoms with Gasteiger partial charge in [-0.1, -0.05) is 18.2 Å². The molecule has 2 aromatic heterocycles. The SMILES string of the molecule is O=C(O)c1cc(Oc2ccc3nc(Nc4ccccc4CCN4CCOCC4)oc3c2)ccn1. The Morgan fingerprint density at radius 3 is 2.76 bits per heavy atom. The standard InChI is InChI=1S/C25H24N4O5/c30-24(31)22-15-19(7-9-26-22)33-18-5-6-21-23(16-18)34-25(28-21)27-20-4-2-1-3-17(20)8-10-29-11-13-32-14-12-29/h1-7,9,15-16H,8,10-14H2,(H,27,28)(H,30,31). The van der Waals surface area contributed by atoms with E-state index in [1.54, 1.807) is 24.3 Å². The number of pyridine rings is 1. The predicted octanol–water partition coefficient (Wildman–Crippen LogP) is 4.33. The second-order valence-electron chi connectivity index (χ2n) is 7.92. The van der Waals surface area contributed by atoms with E-state index in [1.807, 2.05) is 18.2 Å². The minimum absolute atomic E-state index is 0.0861. The van der Waals surface area contributed by atoms with Crippen LogP contribution in [0.5, 0.6) is 11.5 Å². The summed E-state index contributed by atoms with van der Waals surface area (Å²) in [4.78, 5) is 21.9. The van der Waals surface area contributed by atoms with E-state index in [-0.39, 0.29) is 5.69 Å². The van der Waals surface area contributed by atoms with Crippen LogP contribution in [0.15, 0.2) is 65.2 Å². The van der Waals surface area contributed by atoms with Gasteiger partial charge in [0.25, 0.3) is 6.01 Å². The lowest BCUT2D eigenvalue weighted by Crippen LogP contribution is -2.37. The number of benzene rings is 2. The van der Waals surface area contributed by atoms with Crippen molar-refractivity contribution in [2.24, 2.45) is 0 Å². The zero-order chi connectivity index (χ0) is 23.3. The third kappa shape index (κ3) is 5.16. The van der Waals surface area contributed by atoms with Crippen LogP contribution in [0.1, 0.15) is 16.1 Å². The lowest BCUT2D eigenvalue weighted by atomic mass is 10.1. The van der Waals surface area contributed by atoms with Gasteiger partial charge in [-0.25, -0.2) is 9.78 Å². The number of hydrogen-bond donors (Lipinski definition) is 2. The van der Waals surface area contributed by atoms with Crippen LogP contribution in [0.25, 0.3) is 11.1 Å². The van der Waals surface area contributed by atoms with Gasteiger partial charge in [0.1, 0.15) is 17.0 Å². The van der Waals surface area contributed by atoms with E-state index in [1.165, 1.54) is 17.8 Å². The number of aromatic carboxylic acids is 1. The number of carboxylic acids is 1. The Hall–Kier alpha value is -3.95. The Morgan fingerprint density at radius 1 is 1.09 bits per heavy atom. The Balaban J connectivity index is 1.30. The van der Waals surface area contributed by atoms with Crippen molar-refractivity contribution in [2.75, 3.05) is 38.2 Å². The third-order valence-corrected chi connectivity index (χ3v) is 5.61. The van der Waals surface area contributed by atoms with E-state index in [4.69, 9.17) is 19.0 Å². The summed E-state index contributed by atoms with van der Waals surface area (Å²) in [7, 11) is 0. The van der Waals surface area contributed by atoms with Crippen LogP contribution < -0.4 is 10.1 Å². The Morgan fingerprint density at radius 2 is 1.91 bits per heavy atom. The normalized spacial score (nSPS) is 14.2. The highest BCUT2D eigenvalue weighted by Crippen LogP contribution is 2.29. The van der Waals surface area contributed by atoms with E-state index < -0.39 is 5.97 Å². The van der Waals surface area contributed by atoms with Gasteiger partial charge < -0.3 is 24.3 Å². The van der Waals surface area contributed by atoms with Gasteiger partial charge in [-0.2, -0.15) is 4.98 Å². The molecule has 0 unspecified atom stereocenters. The van der Waals surface area contributed by atoms with Crippen molar-refractivity contribution in [1.82, 2.24) is 14.9 Å². The summed E-state index contributed by atoms with van der Waals surface area (Å²) >= 11 is 0. The van der Waals surface area contributed by atoms with E-state index in [0.29, 0.717) is 28.6 Å². The molecule has 2 aromatic carbocycles. The highest BCUT2D eigenvalue weighted by Gasteiger charge is 2.13. The number of morpholine rings is 1. The number of nitrogens with zero attached hydrogens (tertiary/aromatic N) is 3. The molecule has 1 aliphatic heterocycles. The molecule has 0 amide bonds. The monoisotopic (exact) mass is 460 g/mol. The van der Waals surface area contributed by atoms with E-state index in [0.717, 1.165) is 45.0 Å². The second-order valence-corrected chi connectivity index (χ2v) is 7.92. The zero-order valence-electron chi connectivity index (χ0n) is 18.4. The van der Waals surface area contributed by atoms with Crippen LogP contribution in [0.4, 0.5) is 11.7 Å². The fraction of sp³-hybridized carbons (Fsp3) is 0.240. The number of nitrogens with one attached hydrogen (secondary N) is 1. The Labute approximate surface area is 196 Å². The molecule has 0 aliphatic carbocycles. The van der Waals surface area contributed by atoms with Gasteiger partial charge in [0, 0.05) is 43.7 Å². The molecule has 1 aliphatic rings. The van der Waals surface area contributed by atoms with Gasteiger partial charge in [0.2, 0.25) is 0 Å². The summed E-state index contributed by atoms with van der Waals surface area (Å²) in [5.74, 6) is -0.237. The summed E-state index contributed by atoms with van der Waals surface area (Å²) in [6, 6.07) is 16.8. The van der Waals surface area contributed by atoms with Gasteiger partial charge >= 0.3 is 5.97 Å². The predicted molar refractivity (Wildman–Crippen MR) is 126 cm³/mol. The molecule has 9 heteroatoms. The molecule has 2 N–H and O–H groups in total. The number of fused-ring (bicyclic) bond motifs is 1. The molecule has 0 saturated carbocycles. The fourth-order valence-corrected chi connectivity index (χ4v) is 3.83. The molecule has 174 valence electrons. The first kappa shape index (κ1) is 21.9. The van der Waals surface area contributed by atoms with Crippen LogP contribution in [0.2, 0.25) is 0 Å². The second kappa shape index (κ2) is 9.90. The molecule has 0 radical (unpaired) electrons. The molecule has 34 heavy (non-hydrogen) atoms. The molecule has 5 rings (SSSR count). The van der Waals surface area contributed by atoms with Gasteiger partial charge in [-0.15, -0.1) is 0 Å². The maximum Gasteiger partial charge on any atom is 0.354 e. The minimum Gasteiger partial charge on any atom is -0.477 e. The van der Waals surface area contributed by atoms with E-state index in [9.17, 15) is 4.79 Å². The molecule has 0 spiro atoms. The molecular formula is C25H24N4O5. The molecule has 1 saturated heterocycles. The number of ether oxygens (including phenoxy) is 2. The molecule has 0 atom stereocenters. The van der Waals surface area contributed by atoms with Crippen LogP contribution in [0.3, 0.4) is 0 Å². The quantitative estimate of drug-likeness (QED) is 0.397. The number of rotatable bonds is 8. The van der Waals surface area contributed by atoms with Crippen LogP contribution in [0, 0.1) is 0 Å².